The molecule has 1 atom stereocenters. The first-order valence-corrected chi connectivity index (χ1v) is 9.96. The zero-order chi connectivity index (χ0) is 20.1. The van der Waals surface area contributed by atoms with E-state index in [1.54, 1.807) is 17.9 Å². The molecule has 0 N–H and O–H groups in total. The van der Waals surface area contributed by atoms with Gasteiger partial charge >= 0.3 is 5.97 Å². The maximum absolute atomic E-state index is 13.0. The van der Waals surface area contributed by atoms with E-state index in [4.69, 9.17) is 16.3 Å². The van der Waals surface area contributed by atoms with Crippen molar-refractivity contribution < 1.29 is 14.3 Å². The molecule has 1 aromatic heterocycles. The highest BCUT2D eigenvalue weighted by Crippen LogP contribution is 2.36. The smallest absolute Gasteiger partial charge is 0.314 e. The molecule has 0 saturated carbocycles. The van der Waals surface area contributed by atoms with E-state index in [2.05, 4.69) is 4.98 Å². The third-order valence-electron chi connectivity index (χ3n) is 5.11. The first kappa shape index (κ1) is 20.3. The van der Waals surface area contributed by atoms with Crippen molar-refractivity contribution in [2.75, 3.05) is 19.7 Å². The van der Waals surface area contributed by atoms with Crippen molar-refractivity contribution in [3.63, 3.8) is 0 Å². The standard InChI is InChI=1S/C22H25ClN2O3/c1-3-28-21(27)22(14-17-8-5-9-18(23)13-17)11-6-12-25(15-22)20(26)19-10-4-7-16(2)24-19/h4-5,7-10,13H,3,6,11-12,14-15H2,1-2H3/t22-/m1/s1. The number of aryl methyl sites for hydroxylation is 1. The van der Waals surface area contributed by atoms with Gasteiger partial charge in [0.25, 0.3) is 5.91 Å². The maximum Gasteiger partial charge on any atom is 0.314 e. The van der Waals surface area contributed by atoms with Crippen LogP contribution in [0.1, 0.15) is 41.5 Å². The zero-order valence-electron chi connectivity index (χ0n) is 16.3. The average Bonchev–Trinajstić information content (AvgIpc) is 2.68. The Morgan fingerprint density at radius 3 is 2.75 bits per heavy atom. The molecule has 0 unspecified atom stereocenters. The number of likely N-dealkylation sites (tertiary alicyclic amines) is 1. The Labute approximate surface area is 170 Å². The quantitative estimate of drug-likeness (QED) is 0.710. The largest absolute Gasteiger partial charge is 0.466 e. The highest BCUT2D eigenvalue weighted by atomic mass is 35.5. The molecule has 0 spiro atoms. The van der Waals surface area contributed by atoms with Crippen LogP contribution < -0.4 is 0 Å². The number of carbonyl (C=O) groups excluding carboxylic acids is 2. The second-order valence-corrected chi connectivity index (χ2v) is 7.74. The predicted molar refractivity (Wildman–Crippen MR) is 108 cm³/mol. The number of hydrogen-bond acceptors (Lipinski definition) is 4. The highest BCUT2D eigenvalue weighted by molar-refractivity contribution is 6.30. The van der Waals surface area contributed by atoms with E-state index in [1.807, 2.05) is 43.3 Å². The lowest BCUT2D eigenvalue weighted by molar-refractivity contribution is -0.158. The van der Waals surface area contributed by atoms with Crippen molar-refractivity contribution in [3.05, 3.63) is 64.4 Å². The van der Waals surface area contributed by atoms with Crippen LogP contribution >= 0.6 is 11.6 Å². The molecule has 28 heavy (non-hydrogen) atoms. The minimum Gasteiger partial charge on any atom is -0.466 e. The molecule has 6 heteroatoms. The lowest BCUT2D eigenvalue weighted by Gasteiger charge is -2.41. The Balaban J connectivity index is 1.88. The molecule has 1 saturated heterocycles. The van der Waals surface area contributed by atoms with Crippen LogP contribution in [0.5, 0.6) is 0 Å². The van der Waals surface area contributed by atoms with Gasteiger partial charge in [0, 0.05) is 23.8 Å². The van der Waals surface area contributed by atoms with E-state index in [9.17, 15) is 9.59 Å². The summed E-state index contributed by atoms with van der Waals surface area (Å²) in [5.74, 6) is -0.409. The van der Waals surface area contributed by atoms with E-state index in [0.717, 1.165) is 17.7 Å². The molecule has 1 aromatic carbocycles. The molecule has 1 fully saturated rings. The molecular weight excluding hydrogens is 376 g/mol. The summed E-state index contributed by atoms with van der Waals surface area (Å²) < 4.78 is 5.41. The van der Waals surface area contributed by atoms with Gasteiger partial charge in [0.2, 0.25) is 0 Å². The van der Waals surface area contributed by atoms with E-state index in [-0.39, 0.29) is 11.9 Å². The van der Waals surface area contributed by atoms with Crippen LogP contribution in [0.25, 0.3) is 0 Å². The van der Waals surface area contributed by atoms with Crippen molar-refractivity contribution in [2.24, 2.45) is 5.41 Å². The molecule has 148 valence electrons. The molecule has 1 aliphatic rings. The van der Waals surface area contributed by atoms with E-state index >= 15 is 0 Å². The minimum absolute atomic E-state index is 0.150. The molecule has 2 heterocycles. The zero-order valence-corrected chi connectivity index (χ0v) is 17.0. The number of benzene rings is 1. The van der Waals surface area contributed by atoms with Crippen LogP contribution in [0.2, 0.25) is 5.02 Å². The SMILES string of the molecule is CCOC(=O)[C@@]1(Cc2cccc(Cl)c2)CCCN(C(=O)c2cccc(C)n2)C1. The number of carbonyl (C=O) groups is 2. The maximum atomic E-state index is 13.0. The monoisotopic (exact) mass is 400 g/mol. The molecule has 2 aromatic rings. The van der Waals surface area contributed by atoms with Gasteiger partial charge in [-0.2, -0.15) is 0 Å². The Bertz CT molecular complexity index is 870. The van der Waals surface area contributed by atoms with Crippen LogP contribution in [0.3, 0.4) is 0 Å². The van der Waals surface area contributed by atoms with Gasteiger partial charge in [-0.3, -0.25) is 9.59 Å². The van der Waals surface area contributed by atoms with Crippen LogP contribution in [0, 0.1) is 12.3 Å². The molecule has 0 bridgehead atoms. The average molecular weight is 401 g/mol. The van der Waals surface area contributed by atoms with Crippen molar-refractivity contribution >= 4 is 23.5 Å². The fourth-order valence-corrected chi connectivity index (χ4v) is 4.05. The number of esters is 1. The van der Waals surface area contributed by atoms with Gasteiger partial charge in [-0.1, -0.05) is 29.8 Å². The van der Waals surface area contributed by atoms with Crippen LogP contribution in [-0.2, 0) is 16.0 Å². The minimum atomic E-state index is -0.779. The van der Waals surface area contributed by atoms with Gasteiger partial charge in [0.1, 0.15) is 5.69 Å². The fourth-order valence-electron chi connectivity index (χ4n) is 3.83. The van der Waals surface area contributed by atoms with E-state index in [0.29, 0.717) is 43.3 Å². The van der Waals surface area contributed by atoms with Gasteiger partial charge < -0.3 is 9.64 Å². The number of amides is 1. The van der Waals surface area contributed by atoms with Crippen molar-refractivity contribution in [1.82, 2.24) is 9.88 Å². The molecule has 3 rings (SSSR count). The van der Waals surface area contributed by atoms with E-state index in [1.165, 1.54) is 0 Å². The highest BCUT2D eigenvalue weighted by Gasteiger charge is 2.45. The molecule has 1 amide bonds. The number of hydrogen-bond donors (Lipinski definition) is 0. The summed E-state index contributed by atoms with van der Waals surface area (Å²) >= 11 is 6.13. The molecular formula is C22H25ClN2O3. The van der Waals surface area contributed by atoms with Crippen LogP contribution in [0.4, 0.5) is 0 Å². The van der Waals surface area contributed by atoms with E-state index < -0.39 is 5.41 Å². The summed E-state index contributed by atoms with van der Waals surface area (Å²) in [5, 5.41) is 0.629. The summed E-state index contributed by atoms with van der Waals surface area (Å²) in [4.78, 5) is 32.1. The second-order valence-electron chi connectivity index (χ2n) is 7.30. The number of ether oxygens (including phenoxy) is 1. The molecule has 5 nitrogen and oxygen atoms in total. The fraction of sp³-hybridized carbons (Fsp3) is 0.409. The Morgan fingerprint density at radius 1 is 1.25 bits per heavy atom. The first-order chi connectivity index (χ1) is 13.4. The Hall–Kier alpha value is -2.40. The second kappa shape index (κ2) is 8.74. The lowest BCUT2D eigenvalue weighted by Crippen LogP contribution is -2.51. The lowest BCUT2D eigenvalue weighted by atomic mass is 9.75. The Morgan fingerprint density at radius 2 is 2.04 bits per heavy atom. The number of rotatable bonds is 5. The van der Waals surface area contributed by atoms with Crippen molar-refractivity contribution in [3.8, 4) is 0 Å². The number of pyridine rings is 1. The predicted octanol–water partition coefficient (Wildman–Crippen LogP) is 4.07. The van der Waals surface area contributed by atoms with Crippen molar-refractivity contribution in [2.45, 2.75) is 33.1 Å². The number of halogens is 1. The summed E-state index contributed by atoms with van der Waals surface area (Å²) in [6, 6.07) is 12.9. The third kappa shape index (κ3) is 4.53. The van der Waals surface area contributed by atoms with Gasteiger partial charge in [-0.25, -0.2) is 4.98 Å². The number of piperidine rings is 1. The summed E-state index contributed by atoms with van der Waals surface area (Å²) in [7, 11) is 0. The first-order valence-electron chi connectivity index (χ1n) is 9.58. The Kier molecular flexibility index (Phi) is 6.35. The molecule has 0 radical (unpaired) electrons. The number of aromatic nitrogens is 1. The van der Waals surface area contributed by atoms with Gasteiger partial charge in [-0.05, 0) is 62.9 Å². The third-order valence-corrected chi connectivity index (χ3v) is 5.35. The normalized spacial score (nSPS) is 19.3. The van der Waals surface area contributed by atoms with Gasteiger partial charge in [-0.15, -0.1) is 0 Å². The number of nitrogens with zero attached hydrogens (tertiary/aromatic N) is 2. The van der Waals surface area contributed by atoms with Crippen molar-refractivity contribution in [1.29, 1.82) is 0 Å². The topological polar surface area (TPSA) is 59.5 Å². The van der Waals surface area contributed by atoms with Gasteiger partial charge in [0.05, 0.1) is 12.0 Å². The van der Waals surface area contributed by atoms with Crippen LogP contribution in [0.15, 0.2) is 42.5 Å². The van der Waals surface area contributed by atoms with Crippen LogP contribution in [-0.4, -0.2) is 41.5 Å². The molecule has 0 aliphatic carbocycles. The summed E-state index contributed by atoms with van der Waals surface area (Å²) in [5.41, 5.74) is 1.38. The summed E-state index contributed by atoms with van der Waals surface area (Å²) in [6.07, 6.45) is 1.89. The summed E-state index contributed by atoms with van der Waals surface area (Å²) in [6.45, 7) is 4.88. The van der Waals surface area contributed by atoms with Gasteiger partial charge in [0.15, 0.2) is 0 Å². The molecule has 1 aliphatic heterocycles.